The van der Waals surface area contributed by atoms with Gasteiger partial charge >= 0.3 is 11.9 Å². The number of halogens is 1. The van der Waals surface area contributed by atoms with Crippen molar-refractivity contribution in [3.05, 3.63) is 58.7 Å². The van der Waals surface area contributed by atoms with Gasteiger partial charge in [0.15, 0.2) is 0 Å². The van der Waals surface area contributed by atoms with Crippen LogP contribution in [-0.2, 0) is 9.47 Å². The van der Waals surface area contributed by atoms with Gasteiger partial charge in [-0.3, -0.25) is 0 Å². The Morgan fingerprint density at radius 1 is 0.962 bits per heavy atom. The molecule has 0 aliphatic heterocycles. The number of carbonyl (C=O) groups excluding carboxylic acids is 2. The van der Waals surface area contributed by atoms with Gasteiger partial charge in [-0.15, -0.1) is 11.3 Å². The SMILES string of the molecule is CCOC(=O)c1c2cccccc-2c(C(=O)OCC)c1-c1cc(F)cs1. The van der Waals surface area contributed by atoms with Gasteiger partial charge in [-0.25, -0.2) is 14.0 Å². The summed E-state index contributed by atoms with van der Waals surface area (Å²) in [6.07, 6.45) is 0. The third-order valence-corrected chi connectivity index (χ3v) is 4.77. The average Bonchev–Trinajstić information content (AvgIpc) is 3.08. The Balaban J connectivity index is 2.39. The third kappa shape index (κ3) is 3.20. The first-order valence-electron chi connectivity index (χ1n) is 8.21. The predicted molar refractivity (Wildman–Crippen MR) is 98.2 cm³/mol. The number of thiophene rings is 1. The molecule has 134 valence electrons. The quantitative estimate of drug-likeness (QED) is 0.591. The van der Waals surface area contributed by atoms with Crippen LogP contribution in [0.5, 0.6) is 0 Å². The highest BCUT2D eigenvalue weighted by molar-refractivity contribution is 7.13. The fraction of sp³-hybridized carbons (Fsp3) is 0.200. The molecule has 2 aliphatic carbocycles. The number of ether oxygens (including phenoxy) is 2. The lowest BCUT2D eigenvalue weighted by molar-refractivity contribution is 0.0525. The zero-order valence-corrected chi connectivity index (χ0v) is 15.2. The fourth-order valence-electron chi connectivity index (χ4n) is 2.90. The number of carbonyl (C=O) groups is 2. The number of hydrogen-bond donors (Lipinski definition) is 0. The molecule has 0 radical (unpaired) electrons. The molecular weight excluding hydrogens is 355 g/mol. The summed E-state index contributed by atoms with van der Waals surface area (Å²) in [6.45, 7) is 3.80. The molecule has 0 aromatic carbocycles. The second kappa shape index (κ2) is 7.66. The molecule has 0 atom stereocenters. The van der Waals surface area contributed by atoms with Crippen LogP contribution in [0, 0.1) is 5.82 Å². The Hall–Kier alpha value is -2.73. The van der Waals surface area contributed by atoms with Gasteiger partial charge in [0.1, 0.15) is 5.82 Å². The second-order valence-corrected chi connectivity index (χ2v) is 6.34. The van der Waals surface area contributed by atoms with Crippen LogP contribution in [0.25, 0.3) is 21.6 Å². The molecule has 6 heteroatoms. The number of fused-ring (bicyclic) bond motifs is 1. The first kappa shape index (κ1) is 18.1. The Labute approximate surface area is 154 Å². The number of hydrogen-bond acceptors (Lipinski definition) is 5. The second-order valence-electron chi connectivity index (χ2n) is 5.43. The summed E-state index contributed by atoms with van der Waals surface area (Å²) >= 11 is 1.12. The van der Waals surface area contributed by atoms with Gasteiger partial charge in [0.2, 0.25) is 0 Å². The van der Waals surface area contributed by atoms with E-state index in [-0.39, 0.29) is 24.3 Å². The van der Waals surface area contributed by atoms with Crippen LogP contribution in [0.3, 0.4) is 0 Å². The normalized spacial score (nSPS) is 10.7. The molecule has 2 aliphatic rings. The third-order valence-electron chi connectivity index (χ3n) is 3.85. The average molecular weight is 372 g/mol. The predicted octanol–water partition coefficient (Wildman–Crippen LogP) is 5.01. The van der Waals surface area contributed by atoms with Gasteiger partial charge in [0.05, 0.1) is 24.3 Å². The minimum atomic E-state index is -0.553. The van der Waals surface area contributed by atoms with E-state index in [9.17, 15) is 14.0 Å². The zero-order valence-electron chi connectivity index (χ0n) is 14.4. The van der Waals surface area contributed by atoms with Gasteiger partial charge in [0.25, 0.3) is 0 Å². The first-order valence-corrected chi connectivity index (χ1v) is 9.09. The monoisotopic (exact) mass is 372 g/mol. The van der Waals surface area contributed by atoms with Crippen molar-refractivity contribution in [3.8, 4) is 21.6 Å². The summed E-state index contributed by atoms with van der Waals surface area (Å²) in [4.78, 5) is 25.9. The van der Waals surface area contributed by atoms with Crippen LogP contribution in [0.2, 0.25) is 0 Å². The lowest BCUT2D eigenvalue weighted by Crippen LogP contribution is -2.08. The van der Waals surface area contributed by atoms with Crippen molar-refractivity contribution < 1.29 is 23.5 Å². The van der Waals surface area contributed by atoms with Crippen molar-refractivity contribution in [2.75, 3.05) is 13.2 Å². The Kier molecular flexibility index (Phi) is 5.32. The molecule has 0 bridgehead atoms. The Morgan fingerprint density at radius 3 is 1.92 bits per heavy atom. The summed E-state index contributed by atoms with van der Waals surface area (Å²) in [7, 11) is 0. The molecule has 3 rings (SSSR count). The molecule has 0 amide bonds. The van der Waals surface area contributed by atoms with E-state index in [1.54, 1.807) is 44.2 Å². The number of esters is 2. The van der Waals surface area contributed by atoms with Gasteiger partial charge in [-0.2, -0.15) is 0 Å². The van der Waals surface area contributed by atoms with E-state index in [1.807, 2.05) is 0 Å². The summed E-state index contributed by atoms with van der Waals surface area (Å²) in [5.41, 5.74) is 2.00. The van der Waals surface area contributed by atoms with Crippen molar-refractivity contribution in [2.24, 2.45) is 0 Å². The Morgan fingerprint density at radius 2 is 1.50 bits per heavy atom. The molecule has 0 fully saturated rings. The highest BCUT2D eigenvalue weighted by atomic mass is 32.1. The van der Waals surface area contributed by atoms with Crippen LogP contribution in [-0.4, -0.2) is 25.2 Å². The molecule has 1 heterocycles. The van der Waals surface area contributed by atoms with E-state index in [4.69, 9.17) is 9.47 Å². The molecule has 0 saturated carbocycles. The van der Waals surface area contributed by atoms with Gasteiger partial charge in [0, 0.05) is 15.8 Å². The minimum Gasteiger partial charge on any atom is -0.462 e. The lowest BCUT2D eigenvalue weighted by atomic mass is 10.1. The van der Waals surface area contributed by atoms with Gasteiger partial charge in [-0.05, 0) is 31.0 Å². The van der Waals surface area contributed by atoms with Crippen molar-refractivity contribution in [1.82, 2.24) is 0 Å². The van der Waals surface area contributed by atoms with E-state index in [2.05, 4.69) is 0 Å². The fourth-order valence-corrected chi connectivity index (χ4v) is 3.71. The smallest absolute Gasteiger partial charge is 0.339 e. The number of rotatable bonds is 5. The van der Waals surface area contributed by atoms with Crippen molar-refractivity contribution in [1.29, 1.82) is 0 Å². The van der Waals surface area contributed by atoms with Crippen LogP contribution in [0.4, 0.5) is 4.39 Å². The van der Waals surface area contributed by atoms with Crippen LogP contribution in [0.15, 0.2) is 41.8 Å². The standard InChI is InChI=1S/C20H17FO4S/c1-3-24-19(22)16-13-8-6-5-7-9-14(13)17(20(23)25-4-2)18(16)15-10-12(21)11-26-15/h5-11H,3-4H2,1-2H3. The van der Waals surface area contributed by atoms with E-state index in [0.717, 1.165) is 11.3 Å². The summed E-state index contributed by atoms with van der Waals surface area (Å²) < 4.78 is 24.1. The van der Waals surface area contributed by atoms with Crippen molar-refractivity contribution in [3.63, 3.8) is 0 Å². The summed E-state index contributed by atoms with van der Waals surface area (Å²) in [5, 5.41) is 1.33. The zero-order chi connectivity index (χ0) is 18.7. The maximum absolute atomic E-state index is 13.7. The lowest BCUT2D eigenvalue weighted by Gasteiger charge is -2.06. The van der Waals surface area contributed by atoms with Crippen molar-refractivity contribution in [2.45, 2.75) is 13.8 Å². The van der Waals surface area contributed by atoms with Crippen LogP contribution >= 0.6 is 11.3 Å². The maximum atomic E-state index is 13.7. The highest BCUT2D eigenvalue weighted by Crippen LogP contribution is 2.44. The highest BCUT2D eigenvalue weighted by Gasteiger charge is 2.33. The topological polar surface area (TPSA) is 52.6 Å². The molecule has 1 aromatic heterocycles. The molecule has 26 heavy (non-hydrogen) atoms. The molecule has 0 spiro atoms. The molecule has 0 unspecified atom stereocenters. The first-order chi connectivity index (χ1) is 12.6. The van der Waals surface area contributed by atoms with Crippen LogP contribution < -0.4 is 0 Å². The Bertz CT molecular complexity index is 879. The van der Waals surface area contributed by atoms with E-state index < -0.39 is 17.8 Å². The summed E-state index contributed by atoms with van der Waals surface area (Å²) in [6, 6.07) is 10.2. The van der Waals surface area contributed by atoms with Gasteiger partial charge < -0.3 is 9.47 Å². The van der Waals surface area contributed by atoms with E-state index in [1.165, 1.54) is 11.4 Å². The van der Waals surface area contributed by atoms with Crippen LogP contribution in [0.1, 0.15) is 34.6 Å². The maximum Gasteiger partial charge on any atom is 0.339 e. The van der Waals surface area contributed by atoms with Crippen molar-refractivity contribution >= 4 is 23.3 Å². The largest absolute Gasteiger partial charge is 0.462 e. The molecule has 0 N–H and O–H groups in total. The molecule has 4 nitrogen and oxygen atoms in total. The van der Waals surface area contributed by atoms with Gasteiger partial charge in [-0.1, -0.05) is 30.3 Å². The molecular formula is C20H17FO4S. The summed E-state index contributed by atoms with van der Waals surface area (Å²) in [5.74, 6) is -1.53. The molecule has 1 aromatic rings. The van der Waals surface area contributed by atoms with E-state index in [0.29, 0.717) is 21.6 Å². The minimum absolute atomic E-state index is 0.192. The van der Waals surface area contributed by atoms with E-state index >= 15 is 0 Å². The molecule has 0 saturated heterocycles.